The van der Waals surface area contributed by atoms with Crippen LogP contribution in [0.3, 0.4) is 0 Å². The quantitative estimate of drug-likeness (QED) is 0.788. The van der Waals surface area contributed by atoms with Crippen LogP contribution in [0.4, 0.5) is 15.8 Å². The molecule has 0 aliphatic rings. The molecule has 0 spiro atoms. The van der Waals surface area contributed by atoms with E-state index in [1.54, 1.807) is 11.4 Å². The highest BCUT2D eigenvalue weighted by Gasteiger charge is 2.08. The number of benzene rings is 1. The Morgan fingerprint density at radius 3 is 2.81 bits per heavy atom. The smallest absolute Gasteiger partial charge is 0.255 e. The lowest BCUT2D eigenvalue weighted by Gasteiger charge is -2.04. The molecule has 3 N–H and O–H groups in total. The third-order valence-corrected chi connectivity index (χ3v) is 2.64. The zero-order valence-corrected chi connectivity index (χ0v) is 9.05. The highest BCUT2D eigenvalue weighted by molar-refractivity contribution is 7.08. The van der Waals surface area contributed by atoms with Crippen molar-refractivity contribution in [2.75, 3.05) is 11.1 Å². The maximum atomic E-state index is 13.0. The second-order valence-electron chi connectivity index (χ2n) is 3.24. The monoisotopic (exact) mass is 236 g/mol. The first kappa shape index (κ1) is 10.6. The summed E-state index contributed by atoms with van der Waals surface area (Å²) in [6.07, 6.45) is 0. The first-order chi connectivity index (χ1) is 7.65. The highest BCUT2D eigenvalue weighted by atomic mass is 32.1. The molecule has 1 aromatic carbocycles. The summed E-state index contributed by atoms with van der Waals surface area (Å²) in [7, 11) is 0. The number of amides is 1. The SMILES string of the molecule is Nc1cc(F)cc(C(=O)Nc2ccsc2)c1. The van der Waals surface area contributed by atoms with Gasteiger partial charge in [0.15, 0.2) is 0 Å². The molecule has 16 heavy (non-hydrogen) atoms. The van der Waals surface area contributed by atoms with Gasteiger partial charge >= 0.3 is 0 Å². The summed E-state index contributed by atoms with van der Waals surface area (Å²) in [6.45, 7) is 0. The van der Waals surface area contributed by atoms with Crippen LogP contribution in [0.2, 0.25) is 0 Å². The van der Waals surface area contributed by atoms with Gasteiger partial charge in [0.25, 0.3) is 5.91 Å². The Hall–Kier alpha value is -1.88. The van der Waals surface area contributed by atoms with Crippen LogP contribution in [0.15, 0.2) is 35.0 Å². The first-order valence-electron chi connectivity index (χ1n) is 4.55. The lowest BCUT2D eigenvalue weighted by Crippen LogP contribution is -2.11. The molecule has 1 heterocycles. The summed E-state index contributed by atoms with van der Waals surface area (Å²) in [6, 6.07) is 5.52. The van der Waals surface area contributed by atoms with Crippen LogP contribution in [-0.2, 0) is 0 Å². The van der Waals surface area contributed by atoms with Crippen molar-refractivity contribution < 1.29 is 9.18 Å². The van der Waals surface area contributed by atoms with Gasteiger partial charge in [0.2, 0.25) is 0 Å². The molecule has 5 heteroatoms. The minimum atomic E-state index is -0.518. The Balaban J connectivity index is 2.21. The number of halogens is 1. The molecule has 2 rings (SSSR count). The zero-order valence-electron chi connectivity index (χ0n) is 8.24. The molecule has 0 aliphatic carbocycles. The second kappa shape index (κ2) is 4.32. The van der Waals surface area contributed by atoms with Crippen molar-refractivity contribution in [3.63, 3.8) is 0 Å². The molecule has 0 atom stereocenters. The van der Waals surface area contributed by atoms with E-state index in [-0.39, 0.29) is 17.2 Å². The maximum absolute atomic E-state index is 13.0. The van der Waals surface area contributed by atoms with E-state index in [1.807, 2.05) is 5.38 Å². The standard InChI is InChI=1S/C11H9FN2OS/c12-8-3-7(4-9(13)5-8)11(15)14-10-1-2-16-6-10/h1-6H,13H2,(H,14,15). The number of carbonyl (C=O) groups excluding carboxylic acids is 1. The molecule has 1 amide bonds. The average Bonchev–Trinajstić information content (AvgIpc) is 2.68. The molecule has 0 aliphatic heterocycles. The summed E-state index contributed by atoms with van der Waals surface area (Å²) in [5.41, 5.74) is 6.59. The fraction of sp³-hybridized carbons (Fsp3) is 0. The van der Waals surface area contributed by atoms with Crippen molar-refractivity contribution in [2.24, 2.45) is 0 Å². The van der Waals surface area contributed by atoms with Crippen molar-refractivity contribution in [1.82, 2.24) is 0 Å². The van der Waals surface area contributed by atoms with Gasteiger partial charge in [-0.3, -0.25) is 4.79 Å². The Morgan fingerprint density at radius 2 is 2.19 bits per heavy atom. The third-order valence-electron chi connectivity index (χ3n) is 1.96. The Bertz CT molecular complexity index is 490. The van der Waals surface area contributed by atoms with Gasteiger partial charge in [-0.05, 0) is 29.6 Å². The molecule has 3 nitrogen and oxygen atoms in total. The number of thiophene rings is 1. The summed E-state index contributed by atoms with van der Waals surface area (Å²) in [4.78, 5) is 11.7. The predicted octanol–water partition coefficient (Wildman–Crippen LogP) is 2.72. The van der Waals surface area contributed by atoms with Crippen LogP contribution in [0, 0.1) is 5.82 Å². The first-order valence-corrected chi connectivity index (χ1v) is 5.49. The molecule has 1 aromatic heterocycles. The normalized spacial score (nSPS) is 10.1. The van der Waals surface area contributed by atoms with E-state index in [9.17, 15) is 9.18 Å². The summed E-state index contributed by atoms with van der Waals surface area (Å²) < 4.78 is 13.0. The second-order valence-corrected chi connectivity index (χ2v) is 4.02. The third kappa shape index (κ3) is 2.38. The Kier molecular flexibility index (Phi) is 2.87. The van der Waals surface area contributed by atoms with Gasteiger partial charge in [0.05, 0.1) is 5.69 Å². The van der Waals surface area contributed by atoms with Gasteiger partial charge in [-0.25, -0.2) is 4.39 Å². The molecule has 0 saturated carbocycles. The average molecular weight is 236 g/mol. The van der Waals surface area contributed by atoms with Gasteiger partial charge in [-0.2, -0.15) is 11.3 Å². The maximum Gasteiger partial charge on any atom is 0.255 e. The Morgan fingerprint density at radius 1 is 1.38 bits per heavy atom. The molecule has 0 radical (unpaired) electrons. The fourth-order valence-electron chi connectivity index (χ4n) is 1.28. The van der Waals surface area contributed by atoms with E-state index in [4.69, 9.17) is 5.73 Å². The van der Waals surface area contributed by atoms with E-state index < -0.39 is 5.82 Å². The van der Waals surface area contributed by atoms with Crippen molar-refractivity contribution in [2.45, 2.75) is 0 Å². The number of nitrogens with one attached hydrogen (secondary N) is 1. The minimum absolute atomic E-state index is 0.212. The molecule has 82 valence electrons. The lowest BCUT2D eigenvalue weighted by atomic mass is 10.2. The topological polar surface area (TPSA) is 55.1 Å². The van der Waals surface area contributed by atoms with E-state index in [0.29, 0.717) is 5.69 Å². The molecular formula is C11H9FN2OS. The number of anilines is 2. The lowest BCUT2D eigenvalue weighted by molar-refractivity contribution is 0.102. The van der Waals surface area contributed by atoms with Crippen molar-refractivity contribution >= 4 is 28.6 Å². The summed E-state index contributed by atoms with van der Waals surface area (Å²) in [5.74, 6) is -0.889. The van der Waals surface area contributed by atoms with E-state index in [0.717, 1.165) is 6.07 Å². The summed E-state index contributed by atoms with van der Waals surface area (Å²) in [5, 5.41) is 6.28. The predicted molar refractivity (Wildman–Crippen MR) is 63.1 cm³/mol. The molecule has 0 bridgehead atoms. The molecule has 2 aromatic rings. The largest absolute Gasteiger partial charge is 0.399 e. The van der Waals surface area contributed by atoms with E-state index in [1.165, 1.54) is 23.5 Å². The van der Waals surface area contributed by atoms with E-state index >= 15 is 0 Å². The zero-order chi connectivity index (χ0) is 11.5. The van der Waals surface area contributed by atoms with Crippen LogP contribution >= 0.6 is 11.3 Å². The number of nitrogen functional groups attached to an aromatic ring is 1. The number of hydrogen-bond acceptors (Lipinski definition) is 3. The van der Waals surface area contributed by atoms with Crippen molar-refractivity contribution in [3.8, 4) is 0 Å². The van der Waals surface area contributed by atoms with Gasteiger partial charge in [0.1, 0.15) is 5.82 Å². The van der Waals surface area contributed by atoms with Gasteiger partial charge in [-0.1, -0.05) is 0 Å². The molecular weight excluding hydrogens is 227 g/mol. The van der Waals surface area contributed by atoms with E-state index in [2.05, 4.69) is 5.32 Å². The van der Waals surface area contributed by atoms with Crippen LogP contribution in [0.25, 0.3) is 0 Å². The van der Waals surface area contributed by atoms with Crippen LogP contribution in [0.5, 0.6) is 0 Å². The van der Waals surface area contributed by atoms with Gasteiger partial charge in [0, 0.05) is 16.6 Å². The number of carbonyl (C=O) groups is 1. The van der Waals surface area contributed by atoms with Gasteiger partial charge in [-0.15, -0.1) is 0 Å². The fourth-order valence-corrected chi connectivity index (χ4v) is 1.87. The van der Waals surface area contributed by atoms with Gasteiger partial charge < -0.3 is 11.1 Å². The van der Waals surface area contributed by atoms with Crippen LogP contribution in [-0.4, -0.2) is 5.91 Å². The van der Waals surface area contributed by atoms with Crippen LogP contribution in [0.1, 0.15) is 10.4 Å². The molecule has 0 unspecified atom stereocenters. The van der Waals surface area contributed by atoms with Crippen LogP contribution < -0.4 is 11.1 Å². The number of hydrogen-bond donors (Lipinski definition) is 2. The number of rotatable bonds is 2. The minimum Gasteiger partial charge on any atom is -0.399 e. The Labute approximate surface area is 95.7 Å². The van der Waals surface area contributed by atoms with Crippen molar-refractivity contribution in [1.29, 1.82) is 0 Å². The molecule has 0 saturated heterocycles. The van der Waals surface area contributed by atoms with Crippen molar-refractivity contribution in [3.05, 3.63) is 46.4 Å². The summed E-state index contributed by atoms with van der Waals surface area (Å²) >= 11 is 1.47. The molecule has 0 fully saturated rings. The highest BCUT2D eigenvalue weighted by Crippen LogP contribution is 2.15. The number of nitrogens with two attached hydrogens (primary N) is 1.